The van der Waals surface area contributed by atoms with Gasteiger partial charge in [-0.15, -0.1) is 0 Å². The molecule has 0 atom stereocenters. The van der Waals surface area contributed by atoms with Crippen LogP contribution in [-0.2, 0) is 4.79 Å². The molecule has 0 fully saturated rings. The van der Waals surface area contributed by atoms with Gasteiger partial charge in [0, 0.05) is 0 Å². The summed E-state index contributed by atoms with van der Waals surface area (Å²) in [6.07, 6.45) is 0. The van der Waals surface area contributed by atoms with Gasteiger partial charge >= 0.3 is 0 Å². The normalized spacial score (nSPS) is 17.7. The molecule has 3 nitrogen and oxygen atoms in total. The lowest BCUT2D eigenvalue weighted by Crippen LogP contribution is -2.47. The average Bonchev–Trinajstić information content (AvgIpc) is 2.09. The van der Waals surface area contributed by atoms with Crippen LogP contribution in [0.1, 0.15) is 19.4 Å². The molecule has 1 heterocycles. The quantitative estimate of drug-likeness (QED) is 0.712. The molecule has 0 saturated heterocycles. The molecule has 0 bridgehead atoms. The number of halogens is 1. The Hall–Kier alpha value is -1.22. The summed E-state index contributed by atoms with van der Waals surface area (Å²) in [7, 11) is 0. The summed E-state index contributed by atoms with van der Waals surface area (Å²) in [4.78, 5) is 11.7. The van der Waals surface area contributed by atoms with Gasteiger partial charge in [0.2, 0.25) is 5.91 Å². The fourth-order valence-corrected chi connectivity index (χ4v) is 1.94. The second-order valence-corrected chi connectivity index (χ2v) is 4.78. The number of hydrogen-bond acceptors (Lipinski definition) is 2. The second kappa shape index (κ2) is 3.14. The SMILES string of the molecule is Cc1cc(Cl)c2c(c1)NC(=O)C(C)(C)N2. The Kier molecular flexibility index (Phi) is 2.15. The first-order chi connectivity index (χ1) is 6.90. The predicted octanol–water partition coefficient (Wildman–Crippen LogP) is 2.79. The number of nitrogens with one attached hydrogen (secondary N) is 2. The van der Waals surface area contributed by atoms with E-state index in [1.165, 1.54) is 0 Å². The Morgan fingerprint density at radius 3 is 2.67 bits per heavy atom. The monoisotopic (exact) mass is 224 g/mol. The van der Waals surface area contributed by atoms with Crippen LogP contribution in [0.25, 0.3) is 0 Å². The highest BCUT2D eigenvalue weighted by Gasteiger charge is 2.33. The van der Waals surface area contributed by atoms with Crippen molar-refractivity contribution in [3.8, 4) is 0 Å². The van der Waals surface area contributed by atoms with Crippen LogP contribution in [0.3, 0.4) is 0 Å². The lowest BCUT2D eigenvalue weighted by atomic mass is 9.99. The summed E-state index contributed by atoms with van der Waals surface area (Å²) in [5.41, 5.74) is 1.96. The average molecular weight is 225 g/mol. The summed E-state index contributed by atoms with van der Waals surface area (Å²) >= 11 is 6.11. The number of carbonyl (C=O) groups is 1. The van der Waals surface area contributed by atoms with Crippen molar-refractivity contribution in [3.63, 3.8) is 0 Å². The Morgan fingerprint density at radius 1 is 1.33 bits per heavy atom. The highest BCUT2D eigenvalue weighted by Crippen LogP contribution is 2.37. The zero-order valence-electron chi connectivity index (χ0n) is 8.94. The van der Waals surface area contributed by atoms with Crippen LogP contribution in [0.15, 0.2) is 12.1 Å². The lowest BCUT2D eigenvalue weighted by molar-refractivity contribution is -0.119. The standard InChI is InChI=1S/C11H13ClN2O/c1-6-4-7(12)9-8(5-6)13-10(15)11(2,3)14-9/h4-5,14H,1-3H3,(H,13,15). The highest BCUT2D eigenvalue weighted by atomic mass is 35.5. The van der Waals surface area contributed by atoms with Crippen molar-refractivity contribution in [2.24, 2.45) is 0 Å². The number of carbonyl (C=O) groups excluding carboxylic acids is 1. The van der Waals surface area contributed by atoms with Crippen LogP contribution in [0.4, 0.5) is 11.4 Å². The van der Waals surface area contributed by atoms with Gasteiger partial charge in [-0.05, 0) is 38.5 Å². The van der Waals surface area contributed by atoms with Gasteiger partial charge in [-0.3, -0.25) is 4.79 Å². The summed E-state index contributed by atoms with van der Waals surface area (Å²) < 4.78 is 0. The van der Waals surface area contributed by atoms with Gasteiger partial charge in [-0.25, -0.2) is 0 Å². The highest BCUT2D eigenvalue weighted by molar-refractivity contribution is 6.34. The van der Waals surface area contributed by atoms with Crippen molar-refractivity contribution < 1.29 is 4.79 Å². The molecule has 15 heavy (non-hydrogen) atoms. The lowest BCUT2D eigenvalue weighted by Gasteiger charge is -2.33. The smallest absolute Gasteiger partial charge is 0.249 e. The van der Waals surface area contributed by atoms with E-state index in [2.05, 4.69) is 10.6 Å². The third kappa shape index (κ3) is 1.67. The molecule has 0 unspecified atom stereocenters. The van der Waals surface area contributed by atoms with E-state index in [9.17, 15) is 4.79 Å². The first kappa shape index (κ1) is 10.3. The molecular formula is C11H13ClN2O. The van der Waals surface area contributed by atoms with E-state index in [1.807, 2.05) is 32.9 Å². The largest absolute Gasteiger partial charge is 0.369 e. The summed E-state index contributed by atoms with van der Waals surface area (Å²) in [6.45, 7) is 5.58. The van der Waals surface area contributed by atoms with E-state index in [0.717, 1.165) is 16.9 Å². The van der Waals surface area contributed by atoms with E-state index in [-0.39, 0.29) is 5.91 Å². The van der Waals surface area contributed by atoms with Crippen molar-refractivity contribution in [1.29, 1.82) is 0 Å². The Bertz CT molecular complexity index is 440. The zero-order valence-corrected chi connectivity index (χ0v) is 9.70. The minimum absolute atomic E-state index is 0.0448. The minimum atomic E-state index is -0.619. The summed E-state index contributed by atoms with van der Waals surface area (Å²) in [5, 5.41) is 6.62. The molecule has 4 heteroatoms. The third-order valence-corrected chi connectivity index (χ3v) is 2.79. The Morgan fingerprint density at radius 2 is 2.00 bits per heavy atom. The number of benzene rings is 1. The van der Waals surface area contributed by atoms with E-state index < -0.39 is 5.54 Å². The molecular weight excluding hydrogens is 212 g/mol. The van der Waals surface area contributed by atoms with Crippen molar-refractivity contribution >= 4 is 28.9 Å². The zero-order chi connectivity index (χ0) is 11.2. The first-order valence-corrected chi connectivity index (χ1v) is 5.18. The number of fused-ring (bicyclic) bond motifs is 1. The van der Waals surface area contributed by atoms with Crippen LogP contribution in [0.5, 0.6) is 0 Å². The summed E-state index contributed by atoms with van der Waals surface area (Å²) in [5.74, 6) is -0.0448. The molecule has 2 N–H and O–H groups in total. The maximum atomic E-state index is 11.7. The fourth-order valence-electron chi connectivity index (χ4n) is 1.62. The van der Waals surface area contributed by atoms with Crippen molar-refractivity contribution in [3.05, 3.63) is 22.7 Å². The van der Waals surface area contributed by atoms with Crippen LogP contribution in [0.2, 0.25) is 5.02 Å². The molecule has 0 aliphatic carbocycles. The first-order valence-electron chi connectivity index (χ1n) is 4.80. The molecule has 1 aliphatic rings. The van der Waals surface area contributed by atoms with E-state index in [0.29, 0.717) is 5.02 Å². The van der Waals surface area contributed by atoms with Crippen LogP contribution >= 0.6 is 11.6 Å². The number of amides is 1. The van der Waals surface area contributed by atoms with Crippen LogP contribution < -0.4 is 10.6 Å². The van der Waals surface area contributed by atoms with Gasteiger partial charge in [-0.2, -0.15) is 0 Å². The molecule has 2 rings (SSSR count). The topological polar surface area (TPSA) is 41.1 Å². The Labute approximate surface area is 93.8 Å². The second-order valence-electron chi connectivity index (χ2n) is 4.37. The van der Waals surface area contributed by atoms with Gasteiger partial charge in [-0.1, -0.05) is 11.6 Å². The molecule has 1 aromatic rings. The number of aryl methyl sites for hydroxylation is 1. The number of anilines is 2. The molecule has 0 spiro atoms. The predicted molar refractivity (Wildman–Crippen MR) is 62.5 cm³/mol. The maximum absolute atomic E-state index is 11.7. The maximum Gasteiger partial charge on any atom is 0.249 e. The number of hydrogen-bond donors (Lipinski definition) is 2. The molecule has 0 radical (unpaired) electrons. The van der Waals surface area contributed by atoms with Gasteiger partial charge in [0.1, 0.15) is 5.54 Å². The van der Waals surface area contributed by atoms with Crippen molar-refractivity contribution in [2.45, 2.75) is 26.3 Å². The minimum Gasteiger partial charge on any atom is -0.369 e. The number of rotatable bonds is 0. The van der Waals surface area contributed by atoms with E-state index in [1.54, 1.807) is 0 Å². The fraction of sp³-hybridized carbons (Fsp3) is 0.364. The van der Waals surface area contributed by atoms with Crippen molar-refractivity contribution in [1.82, 2.24) is 0 Å². The van der Waals surface area contributed by atoms with Gasteiger partial charge in [0.15, 0.2) is 0 Å². The van der Waals surface area contributed by atoms with Crippen LogP contribution in [0, 0.1) is 6.92 Å². The summed E-state index contributed by atoms with van der Waals surface area (Å²) in [6, 6.07) is 3.78. The third-order valence-electron chi connectivity index (χ3n) is 2.49. The molecule has 1 aliphatic heterocycles. The Balaban J connectivity index is 2.55. The van der Waals surface area contributed by atoms with Crippen LogP contribution in [-0.4, -0.2) is 11.4 Å². The molecule has 1 amide bonds. The van der Waals surface area contributed by atoms with E-state index >= 15 is 0 Å². The van der Waals surface area contributed by atoms with E-state index in [4.69, 9.17) is 11.6 Å². The molecule has 0 aromatic heterocycles. The molecule has 0 saturated carbocycles. The van der Waals surface area contributed by atoms with Crippen molar-refractivity contribution in [2.75, 3.05) is 10.6 Å². The van der Waals surface area contributed by atoms with Gasteiger partial charge in [0.05, 0.1) is 16.4 Å². The molecule has 80 valence electrons. The van der Waals surface area contributed by atoms with Gasteiger partial charge in [0.25, 0.3) is 0 Å². The van der Waals surface area contributed by atoms with Gasteiger partial charge < -0.3 is 10.6 Å². The molecule has 1 aromatic carbocycles.